The number of benzene rings is 1. The number of aliphatic hydroxyl groups excluding tert-OH is 2. The lowest BCUT2D eigenvalue weighted by molar-refractivity contribution is -0.385. The number of nitro benzene ring substituents is 1. The molecule has 1 rings (SSSR count). The number of nitrogens with zero attached hydrogens (tertiary/aromatic N) is 1. The zero-order valence-corrected chi connectivity index (χ0v) is 9.59. The number of hydrogen-bond acceptors (Lipinski definition) is 5. The Morgan fingerprint density at radius 2 is 2.24 bits per heavy atom. The Hall–Kier alpha value is -1.50. The van der Waals surface area contributed by atoms with Crippen molar-refractivity contribution in [2.75, 3.05) is 19.7 Å². The molecule has 17 heavy (non-hydrogen) atoms. The van der Waals surface area contributed by atoms with Crippen molar-refractivity contribution in [3.8, 4) is 0 Å². The third-order valence-corrected chi connectivity index (χ3v) is 2.43. The van der Waals surface area contributed by atoms with Crippen molar-refractivity contribution in [1.29, 1.82) is 0 Å². The third kappa shape index (κ3) is 3.77. The predicted octanol–water partition coefficient (Wildman–Crippen LogP) is 0.519. The number of nitro groups is 1. The summed E-state index contributed by atoms with van der Waals surface area (Å²) in [6.45, 7) is 2.35. The van der Waals surface area contributed by atoms with Crippen LogP contribution in [0, 0.1) is 17.0 Å². The highest BCUT2D eigenvalue weighted by Crippen LogP contribution is 2.22. The number of aliphatic hydroxyl groups is 2. The fourth-order valence-electron chi connectivity index (χ4n) is 1.53. The van der Waals surface area contributed by atoms with Crippen LogP contribution in [-0.4, -0.2) is 34.8 Å². The van der Waals surface area contributed by atoms with Crippen molar-refractivity contribution in [2.45, 2.75) is 13.0 Å². The second kappa shape index (κ2) is 6.29. The summed E-state index contributed by atoms with van der Waals surface area (Å²) in [6, 6.07) is 4.53. The summed E-state index contributed by atoms with van der Waals surface area (Å²) in [7, 11) is 0. The molecule has 6 nitrogen and oxygen atoms in total. The van der Waals surface area contributed by atoms with Gasteiger partial charge in [-0.2, -0.15) is 0 Å². The van der Waals surface area contributed by atoms with E-state index in [1.165, 1.54) is 12.1 Å². The van der Waals surface area contributed by atoms with Gasteiger partial charge < -0.3 is 15.5 Å². The Labute approximate surface area is 99.0 Å². The first-order valence-electron chi connectivity index (χ1n) is 5.31. The zero-order valence-electron chi connectivity index (χ0n) is 9.59. The molecule has 6 heteroatoms. The largest absolute Gasteiger partial charge is 0.395 e. The topological polar surface area (TPSA) is 95.6 Å². The highest BCUT2D eigenvalue weighted by Gasteiger charge is 2.13. The molecule has 0 amide bonds. The minimum Gasteiger partial charge on any atom is -0.395 e. The monoisotopic (exact) mass is 240 g/mol. The molecule has 0 saturated carbocycles. The maximum Gasteiger partial charge on any atom is 0.272 e. The molecule has 0 unspecified atom stereocenters. The lowest BCUT2D eigenvalue weighted by Gasteiger charge is -2.12. The third-order valence-electron chi connectivity index (χ3n) is 2.43. The van der Waals surface area contributed by atoms with Crippen molar-refractivity contribution in [1.82, 2.24) is 5.32 Å². The summed E-state index contributed by atoms with van der Waals surface area (Å²) in [4.78, 5) is 10.2. The molecule has 0 bridgehead atoms. The van der Waals surface area contributed by atoms with Crippen LogP contribution in [0.2, 0.25) is 0 Å². The minimum absolute atomic E-state index is 0.00596. The van der Waals surface area contributed by atoms with Gasteiger partial charge in [0.2, 0.25) is 0 Å². The summed E-state index contributed by atoms with van der Waals surface area (Å²) in [5, 5.41) is 31.8. The van der Waals surface area contributed by atoms with Crippen LogP contribution in [0.25, 0.3) is 0 Å². The molecule has 0 aliphatic rings. The maximum atomic E-state index is 10.6. The highest BCUT2D eigenvalue weighted by atomic mass is 16.6. The van der Waals surface area contributed by atoms with Gasteiger partial charge in [-0.15, -0.1) is 0 Å². The van der Waals surface area contributed by atoms with Gasteiger partial charge >= 0.3 is 0 Å². The average molecular weight is 240 g/mol. The van der Waals surface area contributed by atoms with E-state index < -0.39 is 11.0 Å². The smallest absolute Gasteiger partial charge is 0.272 e. The molecule has 0 aliphatic heterocycles. The first-order chi connectivity index (χ1) is 8.06. The van der Waals surface area contributed by atoms with Gasteiger partial charge in [0.15, 0.2) is 0 Å². The SMILES string of the molecule is Cc1cc([C@@H](O)CNCCO)ccc1[N+](=O)[O-]. The second-order valence-corrected chi connectivity index (χ2v) is 3.75. The molecule has 3 N–H and O–H groups in total. The van der Waals surface area contributed by atoms with Crippen LogP contribution < -0.4 is 5.32 Å². The van der Waals surface area contributed by atoms with Crippen LogP contribution in [0.3, 0.4) is 0 Å². The van der Waals surface area contributed by atoms with Gasteiger partial charge in [-0.05, 0) is 24.6 Å². The van der Waals surface area contributed by atoms with Gasteiger partial charge in [0.1, 0.15) is 0 Å². The van der Waals surface area contributed by atoms with Crippen LogP contribution in [0.15, 0.2) is 18.2 Å². The van der Waals surface area contributed by atoms with E-state index in [-0.39, 0.29) is 12.3 Å². The Balaban J connectivity index is 2.72. The summed E-state index contributed by atoms with van der Waals surface area (Å²) in [5.41, 5.74) is 1.19. The van der Waals surface area contributed by atoms with E-state index in [4.69, 9.17) is 5.11 Å². The first-order valence-corrected chi connectivity index (χ1v) is 5.31. The molecular weight excluding hydrogens is 224 g/mol. The van der Waals surface area contributed by atoms with Crippen molar-refractivity contribution in [2.24, 2.45) is 0 Å². The van der Waals surface area contributed by atoms with Crippen molar-refractivity contribution >= 4 is 5.69 Å². The first kappa shape index (κ1) is 13.6. The number of hydrogen-bond donors (Lipinski definition) is 3. The van der Waals surface area contributed by atoms with Crippen LogP contribution in [-0.2, 0) is 0 Å². The lowest BCUT2D eigenvalue weighted by atomic mass is 10.1. The van der Waals surface area contributed by atoms with Gasteiger partial charge in [0, 0.05) is 24.7 Å². The van der Waals surface area contributed by atoms with E-state index in [9.17, 15) is 15.2 Å². The van der Waals surface area contributed by atoms with Crippen LogP contribution in [0.4, 0.5) is 5.69 Å². The van der Waals surface area contributed by atoms with E-state index in [2.05, 4.69) is 5.32 Å². The summed E-state index contributed by atoms with van der Waals surface area (Å²) in [5.74, 6) is 0. The zero-order chi connectivity index (χ0) is 12.8. The lowest BCUT2D eigenvalue weighted by Crippen LogP contribution is -2.24. The fraction of sp³-hybridized carbons (Fsp3) is 0.455. The van der Waals surface area contributed by atoms with Crippen LogP contribution in [0.5, 0.6) is 0 Å². The quantitative estimate of drug-likeness (QED) is 0.382. The maximum absolute atomic E-state index is 10.6. The molecule has 0 fully saturated rings. The van der Waals surface area contributed by atoms with E-state index in [1.54, 1.807) is 13.0 Å². The molecule has 0 radical (unpaired) electrons. The van der Waals surface area contributed by atoms with Crippen LogP contribution in [0.1, 0.15) is 17.2 Å². The second-order valence-electron chi connectivity index (χ2n) is 3.75. The Kier molecular flexibility index (Phi) is 5.02. The molecule has 0 spiro atoms. The van der Waals surface area contributed by atoms with E-state index in [1.807, 2.05) is 0 Å². The summed E-state index contributed by atoms with van der Waals surface area (Å²) in [6.07, 6.45) is -0.735. The van der Waals surface area contributed by atoms with E-state index in [0.29, 0.717) is 24.2 Å². The molecule has 0 aromatic heterocycles. The Morgan fingerprint density at radius 3 is 2.76 bits per heavy atom. The standard InChI is InChI=1S/C11H16N2O4/c1-8-6-9(2-3-10(8)13(16)17)11(15)7-12-4-5-14/h2-3,6,11-12,14-15H,4-5,7H2,1H3/t11-/m0/s1. The molecule has 0 saturated heterocycles. The highest BCUT2D eigenvalue weighted by molar-refractivity contribution is 5.42. The predicted molar refractivity (Wildman–Crippen MR) is 62.7 cm³/mol. The van der Waals surface area contributed by atoms with Crippen LogP contribution >= 0.6 is 0 Å². The summed E-state index contributed by atoms with van der Waals surface area (Å²) < 4.78 is 0. The van der Waals surface area contributed by atoms with Crippen molar-refractivity contribution in [3.05, 3.63) is 39.4 Å². The normalized spacial score (nSPS) is 12.4. The number of aryl methyl sites for hydroxylation is 1. The van der Waals surface area contributed by atoms with E-state index in [0.717, 1.165) is 0 Å². The minimum atomic E-state index is -0.735. The van der Waals surface area contributed by atoms with Gasteiger partial charge in [-0.3, -0.25) is 10.1 Å². The Bertz CT molecular complexity index is 395. The molecular formula is C11H16N2O4. The average Bonchev–Trinajstić information content (AvgIpc) is 2.28. The molecule has 0 aliphatic carbocycles. The number of nitrogens with one attached hydrogen (secondary N) is 1. The fourth-order valence-corrected chi connectivity index (χ4v) is 1.53. The van der Waals surface area contributed by atoms with Crippen molar-refractivity contribution in [3.63, 3.8) is 0 Å². The molecule has 0 heterocycles. The van der Waals surface area contributed by atoms with Crippen molar-refractivity contribution < 1.29 is 15.1 Å². The molecule has 1 aromatic rings. The number of rotatable bonds is 6. The Morgan fingerprint density at radius 1 is 1.53 bits per heavy atom. The van der Waals surface area contributed by atoms with Gasteiger partial charge in [-0.1, -0.05) is 0 Å². The molecule has 94 valence electrons. The molecule has 1 aromatic carbocycles. The van der Waals surface area contributed by atoms with E-state index >= 15 is 0 Å². The van der Waals surface area contributed by atoms with Gasteiger partial charge in [0.25, 0.3) is 5.69 Å². The summed E-state index contributed by atoms with van der Waals surface area (Å²) >= 11 is 0. The molecule has 1 atom stereocenters. The van der Waals surface area contributed by atoms with Gasteiger partial charge in [-0.25, -0.2) is 0 Å². The van der Waals surface area contributed by atoms with Gasteiger partial charge in [0.05, 0.1) is 17.6 Å².